The Hall–Kier alpha value is -3.07. The summed E-state index contributed by atoms with van der Waals surface area (Å²) in [4.78, 5) is 8.36. The van der Waals surface area contributed by atoms with E-state index in [9.17, 15) is 5.11 Å². The van der Waals surface area contributed by atoms with E-state index in [2.05, 4.69) is 20.4 Å². The number of hydrogen-bond donors (Lipinski definition) is 2. The van der Waals surface area contributed by atoms with Gasteiger partial charge in [-0.25, -0.2) is 9.97 Å². The molecule has 1 atom stereocenters. The maximum atomic E-state index is 10.1. The molecule has 0 radical (unpaired) electrons. The molecule has 0 spiro atoms. The Bertz CT molecular complexity index is 897. The topological polar surface area (TPSA) is 104 Å². The van der Waals surface area contributed by atoms with Gasteiger partial charge in [-0.3, -0.25) is 4.68 Å². The number of anilines is 1. The fourth-order valence-corrected chi connectivity index (χ4v) is 2.54. The number of nitrogens with zero attached hydrogens (tertiary/aromatic N) is 4. The van der Waals surface area contributed by atoms with E-state index in [-0.39, 0.29) is 19.9 Å². The van der Waals surface area contributed by atoms with Gasteiger partial charge in [-0.15, -0.1) is 0 Å². The molecule has 3 heterocycles. The Balaban J connectivity index is 1.34. The molecule has 1 unspecified atom stereocenters. The van der Waals surface area contributed by atoms with E-state index in [0.717, 1.165) is 11.0 Å². The number of ether oxygens (including phenoxy) is 3. The van der Waals surface area contributed by atoms with Crippen molar-refractivity contribution in [2.24, 2.45) is 7.05 Å². The summed E-state index contributed by atoms with van der Waals surface area (Å²) in [6.45, 7) is 0.631. The molecule has 1 aromatic carbocycles. The smallest absolute Gasteiger partial charge is 0.231 e. The van der Waals surface area contributed by atoms with Crippen LogP contribution >= 0.6 is 0 Å². The first-order valence-corrected chi connectivity index (χ1v) is 7.78. The van der Waals surface area contributed by atoms with E-state index >= 15 is 0 Å². The van der Waals surface area contributed by atoms with Gasteiger partial charge in [-0.1, -0.05) is 0 Å². The molecule has 0 bridgehead atoms. The quantitative estimate of drug-likeness (QED) is 0.682. The third-order valence-corrected chi connectivity index (χ3v) is 3.82. The van der Waals surface area contributed by atoms with Crippen molar-refractivity contribution in [2.75, 3.05) is 25.3 Å². The van der Waals surface area contributed by atoms with Crippen molar-refractivity contribution in [1.29, 1.82) is 0 Å². The third-order valence-electron chi connectivity index (χ3n) is 3.82. The van der Waals surface area contributed by atoms with Gasteiger partial charge in [0.15, 0.2) is 17.1 Å². The number of nitrogens with one attached hydrogen (secondary N) is 1. The number of fused-ring (bicyclic) bond motifs is 2. The number of benzene rings is 1. The minimum Gasteiger partial charge on any atom is -0.491 e. The van der Waals surface area contributed by atoms with Crippen molar-refractivity contribution in [3.05, 3.63) is 30.7 Å². The number of hydrogen-bond acceptors (Lipinski definition) is 8. The molecule has 0 saturated carbocycles. The third kappa shape index (κ3) is 3.13. The van der Waals surface area contributed by atoms with Crippen LogP contribution in [0.4, 0.5) is 5.82 Å². The molecule has 9 nitrogen and oxygen atoms in total. The Labute approximate surface area is 143 Å². The van der Waals surface area contributed by atoms with Crippen LogP contribution in [-0.2, 0) is 7.05 Å². The SMILES string of the molecule is Cn1ncc2c(NCC(O)COc3ccc4c(c3)OCO4)ncnc21. The fourth-order valence-electron chi connectivity index (χ4n) is 2.54. The summed E-state index contributed by atoms with van der Waals surface area (Å²) in [5.74, 6) is 2.57. The molecule has 2 aromatic heterocycles. The highest BCUT2D eigenvalue weighted by atomic mass is 16.7. The Morgan fingerprint density at radius 3 is 3.12 bits per heavy atom. The lowest BCUT2D eigenvalue weighted by Gasteiger charge is -2.14. The molecular weight excluding hydrogens is 326 g/mol. The molecule has 1 aliphatic heterocycles. The lowest BCUT2D eigenvalue weighted by Crippen LogP contribution is -2.26. The number of aliphatic hydroxyl groups is 1. The van der Waals surface area contributed by atoms with Crippen molar-refractivity contribution in [1.82, 2.24) is 19.7 Å². The van der Waals surface area contributed by atoms with Gasteiger partial charge < -0.3 is 24.6 Å². The summed E-state index contributed by atoms with van der Waals surface area (Å²) >= 11 is 0. The molecule has 25 heavy (non-hydrogen) atoms. The first-order chi connectivity index (χ1) is 12.2. The van der Waals surface area contributed by atoms with Crippen molar-refractivity contribution in [3.63, 3.8) is 0 Å². The molecule has 9 heteroatoms. The van der Waals surface area contributed by atoms with Crippen LogP contribution < -0.4 is 19.5 Å². The van der Waals surface area contributed by atoms with Crippen LogP contribution in [0.25, 0.3) is 11.0 Å². The molecule has 0 saturated heterocycles. The summed E-state index contributed by atoms with van der Waals surface area (Å²) in [7, 11) is 1.81. The van der Waals surface area contributed by atoms with Crippen LogP contribution in [0.3, 0.4) is 0 Å². The van der Waals surface area contributed by atoms with Gasteiger partial charge in [0, 0.05) is 19.7 Å². The van der Waals surface area contributed by atoms with E-state index in [0.29, 0.717) is 23.1 Å². The Kier molecular flexibility index (Phi) is 3.98. The number of aromatic nitrogens is 4. The predicted octanol–water partition coefficient (Wildman–Crippen LogP) is 0.944. The summed E-state index contributed by atoms with van der Waals surface area (Å²) in [5.41, 5.74) is 0.726. The zero-order chi connectivity index (χ0) is 17.2. The second-order valence-corrected chi connectivity index (χ2v) is 5.59. The summed E-state index contributed by atoms with van der Waals surface area (Å²) < 4.78 is 17.8. The zero-order valence-electron chi connectivity index (χ0n) is 13.5. The lowest BCUT2D eigenvalue weighted by molar-refractivity contribution is 0.117. The van der Waals surface area contributed by atoms with Gasteiger partial charge in [0.05, 0.1) is 11.6 Å². The van der Waals surface area contributed by atoms with Crippen molar-refractivity contribution >= 4 is 16.9 Å². The first kappa shape index (κ1) is 15.5. The fraction of sp³-hybridized carbons (Fsp3) is 0.312. The highest BCUT2D eigenvalue weighted by Crippen LogP contribution is 2.35. The second-order valence-electron chi connectivity index (χ2n) is 5.59. The molecule has 2 N–H and O–H groups in total. The van der Waals surface area contributed by atoms with Crippen LogP contribution in [0.2, 0.25) is 0 Å². The van der Waals surface area contributed by atoms with Crippen LogP contribution in [0, 0.1) is 0 Å². The van der Waals surface area contributed by atoms with Gasteiger partial charge in [-0.2, -0.15) is 5.10 Å². The number of aliphatic hydroxyl groups excluding tert-OH is 1. The molecule has 0 aliphatic carbocycles. The number of rotatable bonds is 6. The Morgan fingerprint density at radius 2 is 2.20 bits per heavy atom. The molecule has 1 aliphatic rings. The van der Waals surface area contributed by atoms with E-state index in [1.54, 1.807) is 29.1 Å². The maximum Gasteiger partial charge on any atom is 0.231 e. The van der Waals surface area contributed by atoms with E-state index < -0.39 is 6.10 Å². The standard InChI is InChI=1S/C16H17N5O4/c1-21-16-12(6-20-21)15(18-8-19-16)17-5-10(22)7-23-11-2-3-13-14(4-11)25-9-24-13/h2-4,6,8,10,22H,5,7,9H2,1H3,(H,17,18,19). The minimum atomic E-state index is -0.716. The molecule has 0 fully saturated rings. The van der Waals surface area contributed by atoms with Crippen LogP contribution in [0.1, 0.15) is 0 Å². The summed E-state index contributed by atoms with van der Waals surface area (Å²) in [6.07, 6.45) is 2.43. The predicted molar refractivity (Wildman–Crippen MR) is 88.9 cm³/mol. The highest BCUT2D eigenvalue weighted by molar-refractivity contribution is 5.85. The second kappa shape index (κ2) is 6.44. The van der Waals surface area contributed by atoms with Crippen LogP contribution in [0.15, 0.2) is 30.7 Å². The molecule has 130 valence electrons. The normalized spacial score (nSPS) is 13.8. The maximum absolute atomic E-state index is 10.1. The van der Waals surface area contributed by atoms with E-state index in [1.807, 2.05) is 7.05 Å². The van der Waals surface area contributed by atoms with Crippen molar-refractivity contribution in [3.8, 4) is 17.2 Å². The van der Waals surface area contributed by atoms with Gasteiger partial charge in [0.25, 0.3) is 0 Å². The average Bonchev–Trinajstić information content (AvgIpc) is 3.25. The lowest BCUT2D eigenvalue weighted by atomic mass is 10.3. The van der Waals surface area contributed by atoms with Gasteiger partial charge in [-0.05, 0) is 12.1 Å². The monoisotopic (exact) mass is 343 g/mol. The molecular formula is C16H17N5O4. The summed E-state index contributed by atoms with van der Waals surface area (Å²) in [6, 6.07) is 5.30. The minimum absolute atomic E-state index is 0.133. The Morgan fingerprint density at radius 1 is 1.32 bits per heavy atom. The molecule has 4 rings (SSSR count). The molecule has 3 aromatic rings. The molecule has 0 amide bonds. The van der Waals surface area contributed by atoms with Gasteiger partial charge in [0.2, 0.25) is 6.79 Å². The van der Waals surface area contributed by atoms with Gasteiger partial charge in [0.1, 0.15) is 30.6 Å². The summed E-state index contributed by atoms with van der Waals surface area (Å²) in [5, 5.41) is 18.2. The van der Waals surface area contributed by atoms with Crippen molar-refractivity contribution < 1.29 is 19.3 Å². The average molecular weight is 343 g/mol. The van der Waals surface area contributed by atoms with E-state index in [1.165, 1.54) is 6.33 Å². The van der Waals surface area contributed by atoms with Crippen LogP contribution in [0.5, 0.6) is 17.2 Å². The highest BCUT2D eigenvalue weighted by Gasteiger charge is 2.15. The van der Waals surface area contributed by atoms with E-state index in [4.69, 9.17) is 14.2 Å². The number of aryl methyl sites for hydroxylation is 1. The van der Waals surface area contributed by atoms with Gasteiger partial charge >= 0.3 is 0 Å². The largest absolute Gasteiger partial charge is 0.491 e. The zero-order valence-corrected chi connectivity index (χ0v) is 13.5. The first-order valence-electron chi connectivity index (χ1n) is 7.78. The van der Waals surface area contributed by atoms with Crippen molar-refractivity contribution in [2.45, 2.75) is 6.10 Å². The van der Waals surface area contributed by atoms with Crippen LogP contribution in [-0.4, -0.2) is 50.9 Å².